The average molecular weight is 435 g/mol. The Bertz CT molecular complexity index is 1120. The monoisotopic (exact) mass is 434 g/mol. The van der Waals surface area contributed by atoms with Gasteiger partial charge in [-0.05, 0) is 60.9 Å². The third-order valence-electron chi connectivity index (χ3n) is 4.72. The lowest BCUT2D eigenvalue weighted by molar-refractivity contribution is -0.137. The quantitative estimate of drug-likeness (QED) is 0.417. The minimum atomic E-state index is -4.68. The number of aryl methyl sites for hydroxylation is 2. The molecule has 3 aromatic rings. The lowest BCUT2D eigenvalue weighted by Gasteiger charge is -2.12. The van der Waals surface area contributed by atoms with E-state index in [-0.39, 0.29) is 11.4 Å². The summed E-state index contributed by atoms with van der Waals surface area (Å²) in [6.07, 6.45) is -3.01. The van der Waals surface area contributed by atoms with Gasteiger partial charge in [-0.25, -0.2) is 0 Å². The predicted molar refractivity (Wildman–Crippen MR) is 109 cm³/mol. The number of alkyl halides is 3. The molecule has 8 heteroatoms. The van der Waals surface area contributed by atoms with Gasteiger partial charge in [-0.1, -0.05) is 29.8 Å². The van der Waals surface area contributed by atoms with E-state index < -0.39 is 28.5 Å². The van der Waals surface area contributed by atoms with E-state index in [4.69, 9.17) is 11.6 Å². The number of nitrogens with one attached hydrogen (secondary N) is 1. The molecule has 0 aliphatic heterocycles. The van der Waals surface area contributed by atoms with Crippen LogP contribution in [0.3, 0.4) is 0 Å². The Labute approximate surface area is 176 Å². The van der Waals surface area contributed by atoms with Gasteiger partial charge in [0.15, 0.2) is 0 Å². The lowest BCUT2D eigenvalue weighted by atomic mass is 10.1. The maximum Gasteiger partial charge on any atom is 0.417 e. The number of hydrogen-bond acceptors (Lipinski definition) is 2. The van der Waals surface area contributed by atoms with Gasteiger partial charge in [0.1, 0.15) is 0 Å². The molecule has 0 saturated carbocycles. The summed E-state index contributed by atoms with van der Waals surface area (Å²) >= 11 is 5.58. The van der Waals surface area contributed by atoms with Crippen LogP contribution >= 0.6 is 11.6 Å². The summed E-state index contributed by atoms with van der Waals surface area (Å²) in [7, 11) is 0. The molecule has 0 atom stereocenters. The van der Waals surface area contributed by atoms with E-state index in [1.807, 2.05) is 32.0 Å². The van der Waals surface area contributed by atoms with Crippen LogP contribution in [0.5, 0.6) is 0 Å². The summed E-state index contributed by atoms with van der Waals surface area (Å²) in [6.45, 7) is 4.35. The van der Waals surface area contributed by atoms with Crippen LogP contribution in [-0.2, 0) is 17.5 Å². The minimum Gasteiger partial charge on any atom is -0.340 e. The fourth-order valence-corrected chi connectivity index (χ4v) is 3.21. The van der Waals surface area contributed by atoms with Crippen LogP contribution in [0.25, 0.3) is 0 Å². The number of halogens is 4. The van der Waals surface area contributed by atoms with Gasteiger partial charge in [0.2, 0.25) is 0 Å². The van der Waals surface area contributed by atoms with Crippen LogP contribution in [-0.4, -0.2) is 16.3 Å². The van der Waals surface area contributed by atoms with Gasteiger partial charge in [-0.3, -0.25) is 9.59 Å². The molecule has 1 N–H and O–H groups in total. The van der Waals surface area contributed by atoms with Crippen molar-refractivity contribution in [2.75, 3.05) is 5.32 Å². The summed E-state index contributed by atoms with van der Waals surface area (Å²) in [6, 6.07) is 11.9. The Morgan fingerprint density at radius 2 is 1.77 bits per heavy atom. The van der Waals surface area contributed by atoms with Crippen molar-refractivity contribution in [1.82, 2.24) is 4.57 Å². The van der Waals surface area contributed by atoms with Gasteiger partial charge in [-0.2, -0.15) is 13.2 Å². The summed E-state index contributed by atoms with van der Waals surface area (Å²) < 4.78 is 40.6. The maximum absolute atomic E-state index is 13.0. The average Bonchev–Trinajstić information content (AvgIpc) is 3.12. The molecule has 0 aliphatic rings. The Hall–Kier alpha value is -3.06. The molecule has 1 amide bonds. The molecule has 1 heterocycles. The number of rotatable bonds is 5. The Morgan fingerprint density at radius 1 is 1.03 bits per heavy atom. The normalized spacial score (nSPS) is 11.4. The highest BCUT2D eigenvalue weighted by molar-refractivity contribution is 6.46. The van der Waals surface area contributed by atoms with E-state index >= 15 is 0 Å². The van der Waals surface area contributed by atoms with E-state index in [0.29, 0.717) is 12.6 Å². The van der Waals surface area contributed by atoms with Crippen molar-refractivity contribution in [1.29, 1.82) is 0 Å². The Morgan fingerprint density at radius 3 is 2.43 bits per heavy atom. The first-order valence-electron chi connectivity index (χ1n) is 9.00. The third-order valence-corrected chi connectivity index (χ3v) is 5.05. The molecule has 156 valence electrons. The molecule has 1 aromatic heterocycles. The van der Waals surface area contributed by atoms with Gasteiger partial charge in [-0.15, -0.1) is 0 Å². The van der Waals surface area contributed by atoms with E-state index in [0.717, 1.165) is 22.8 Å². The van der Waals surface area contributed by atoms with Crippen molar-refractivity contribution in [3.05, 3.63) is 87.7 Å². The van der Waals surface area contributed by atoms with Crippen LogP contribution < -0.4 is 5.32 Å². The minimum absolute atomic E-state index is 0.135. The number of carbonyl (C=O) groups is 2. The molecule has 4 nitrogen and oxygen atoms in total. The second-order valence-electron chi connectivity index (χ2n) is 6.92. The van der Waals surface area contributed by atoms with Crippen molar-refractivity contribution in [2.24, 2.45) is 0 Å². The first kappa shape index (κ1) is 21.6. The maximum atomic E-state index is 13.0. The highest BCUT2D eigenvalue weighted by atomic mass is 35.5. The topological polar surface area (TPSA) is 51.1 Å². The van der Waals surface area contributed by atoms with Crippen LogP contribution in [0.15, 0.2) is 54.7 Å². The number of ketones is 1. The third kappa shape index (κ3) is 4.74. The summed E-state index contributed by atoms with van der Waals surface area (Å²) in [5.74, 6) is -1.89. The second-order valence-corrected chi connectivity index (χ2v) is 7.32. The molecule has 0 fully saturated rings. The van der Waals surface area contributed by atoms with Gasteiger partial charge in [0.25, 0.3) is 11.7 Å². The summed E-state index contributed by atoms with van der Waals surface area (Å²) in [5, 5.41) is 1.73. The van der Waals surface area contributed by atoms with Crippen LogP contribution in [0.2, 0.25) is 5.02 Å². The molecular formula is C22H18ClF3N2O2. The molecule has 0 saturated heterocycles. The van der Waals surface area contributed by atoms with Crippen molar-refractivity contribution in [3.8, 4) is 0 Å². The van der Waals surface area contributed by atoms with Gasteiger partial charge >= 0.3 is 6.18 Å². The van der Waals surface area contributed by atoms with E-state index in [1.165, 1.54) is 12.1 Å². The zero-order valence-electron chi connectivity index (χ0n) is 16.2. The zero-order chi connectivity index (χ0) is 22.1. The fraction of sp³-hybridized carbons (Fsp3) is 0.182. The molecule has 3 rings (SSSR count). The van der Waals surface area contributed by atoms with E-state index in [1.54, 1.807) is 16.8 Å². The molecule has 0 unspecified atom stereocenters. The number of hydrogen-bond donors (Lipinski definition) is 1. The first-order chi connectivity index (χ1) is 14.1. The van der Waals surface area contributed by atoms with Gasteiger partial charge in [0.05, 0.1) is 16.3 Å². The smallest absolute Gasteiger partial charge is 0.340 e. The van der Waals surface area contributed by atoms with Crippen molar-refractivity contribution in [3.63, 3.8) is 0 Å². The highest BCUT2D eigenvalue weighted by Crippen LogP contribution is 2.36. The number of carbonyl (C=O) groups excluding carboxylic acids is 2. The number of amides is 1. The standard InChI is InChI=1S/C22H18ClF3N2O2/c1-13-5-6-15(10-14(13)2)12-28-9-3-4-19(28)20(29)21(30)27-16-7-8-18(23)17(11-16)22(24,25)26/h3-11H,12H2,1-2H3,(H,27,30). The number of anilines is 1. The molecule has 2 aromatic carbocycles. The highest BCUT2D eigenvalue weighted by Gasteiger charge is 2.33. The second kappa shape index (κ2) is 8.36. The van der Waals surface area contributed by atoms with Crippen molar-refractivity contribution >= 4 is 29.0 Å². The van der Waals surface area contributed by atoms with E-state index in [2.05, 4.69) is 5.32 Å². The molecule has 0 radical (unpaired) electrons. The van der Waals surface area contributed by atoms with Crippen molar-refractivity contribution in [2.45, 2.75) is 26.6 Å². The number of nitrogens with zero attached hydrogens (tertiary/aromatic N) is 1. The van der Waals surface area contributed by atoms with Crippen molar-refractivity contribution < 1.29 is 22.8 Å². The van der Waals surface area contributed by atoms with Crippen LogP contribution in [0, 0.1) is 13.8 Å². The number of benzene rings is 2. The van der Waals surface area contributed by atoms with E-state index in [9.17, 15) is 22.8 Å². The molecular weight excluding hydrogens is 417 g/mol. The molecule has 0 bridgehead atoms. The Balaban J connectivity index is 1.79. The first-order valence-corrected chi connectivity index (χ1v) is 9.38. The SMILES string of the molecule is Cc1ccc(Cn2cccc2C(=O)C(=O)Nc2ccc(Cl)c(C(F)(F)F)c2)cc1C. The fourth-order valence-electron chi connectivity index (χ4n) is 2.98. The Kier molecular flexibility index (Phi) is 6.03. The summed E-state index contributed by atoms with van der Waals surface area (Å²) in [4.78, 5) is 25.0. The van der Waals surface area contributed by atoms with Gasteiger partial charge in [0, 0.05) is 18.4 Å². The molecule has 0 spiro atoms. The predicted octanol–water partition coefficient (Wildman–Crippen LogP) is 5.65. The van der Waals surface area contributed by atoms with Crippen LogP contribution in [0.4, 0.5) is 18.9 Å². The van der Waals surface area contributed by atoms with Crippen LogP contribution in [0.1, 0.15) is 32.7 Å². The van der Waals surface area contributed by atoms with Gasteiger partial charge < -0.3 is 9.88 Å². The number of Topliss-reactive ketones (excluding diaryl/α,β-unsaturated/α-hetero) is 1. The molecule has 30 heavy (non-hydrogen) atoms. The molecule has 0 aliphatic carbocycles. The summed E-state index contributed by atoms with van der Waals surface area (Å²) in [5.41, 5.74) is 2.08. The zero-order valence-corrected chi connectivity index (χ0v) is 16.9. The largest absolute Gasteiger partial charge is 0.417 e. The lowest BCUT2D eigenvalue weighted by Crippen LogP contribution is -2.25. The number of aromatic nitrogens is 1.